The highest BCUT2D eigenvalue weighted by atomic mass is 16.6. The number of nitrogens with zero attached hydrogens (tertiary/aromatic N) is 2. The van der Waals surface area contributed by atoms with E-state index in [1.165, 1.54) is 30.2 Å². The number of amides is 2. The average Bonchev–Trinajstić information content (AvgIpc) is 2.81. The molecule has 34 heavy (non-hydrogen) atoms. The number of hydrogen-bond acceptors (Lipinski definition) is 7. The van der Waals surface area contributed by atoms with Crippen molar-refractivity contribution in [1.82, 2.24) is 10.2 Å². The standard InChI is InChI=1S/C24H31N3O7/c1-6-20(24(29)25-16(2)3)26(14-17-7-9-18(32-4)10-8-17)23(28)15-34-19-11-12-21(27(30)31)22(13-19)33-5/h7-13,16,20H,6,14-15H2,1-5H3,(H,25,29)/t20-/m1/s1. The lowest BCUT2D eigenvalue weighted by Gasteiger charge is -2.31. The second kappa shape index (κ2) is 12.4. The van der Waals surface area contributed by atoms with E-state index in [4.69, 9.17) is 14.2 Å². The first-order valence-corrected chi connectivity index (χ1v) is 10.9. The minimum Gasteiger partial charge on any atom is -0.497 e. The number of methoxy groups -OCH3 is 2. The first-order chi connectivity index (χ1) is 16.2. The number of carbonyl (C=O) groups excluding carboxylic acids is 2. The van der Waals surface area contributed by atoms with Crippen LogP contribution in [-0.2, 0) is 16.1 Å². The van der Waals surface area contributed by atoms with E-state index in [-0.39, 0.29) is 42.3 Å². The highest BCUT2D eigenvalue weighted by Crippen LogP contribution is 2.30. The summed E-state index contributed by atoms with van der Waals surface area (Å²) in [6.45, 7) is 5.37. The van der Waals surface area contributed by atoms with Gasteiger partial charge in [-0.3, -0.25) is 19.7 Å². The van der Waals surface area contributed by atoms with E-state index < -0.39 is 16.9 Å². The summed E-state index contributed by atoms with van der Waals surface area (Å²) >= 11 is 0. The van der Waals surface area contributed by atoms with Gasteiger partial charge in [0.25, 0.3) is 5.91 Å². The molecular formula is C24H31N3O7. The fourth-order valence-electron chi connectivity index (χ4n) is 3.35. The molecule has 0 aliphatic heterocycles. The van der Waals surface area contributed by atoms with Crippen LogP contribution in [0.5, 0.6) is 17.2 Å². The Kier molecular flexibility index (Phi) is 9.66. The van der Waals surface area contributed by atoms with Crippen LogP contribution < -0.4 is 19.5 Å². The first kappa shape index (κ1) is 26.4. The van der Waals surface area contributed by atoms with E-state index in [0.29, 0.717) is 12.2 Å². The van der Waals surface area contributed by atoms with Crippen LogP contribution in [0, 0.1) is 10.1 Å². The molecule has 0 unspecified atom stereocenters. The molecule has 0 saturated carbocycles. The molecule has 1 atom stereocenters. The molecule has 0 aliphatic carbocycles. The largest absolute Gasteiger partial charge is 0.497 e. The Bertz CT molecular complexity index is 993. The normalized spacial score (nSPS) is 11.5. The quantitative estimate of drug-likeness (QED) is 0.371. The van der Waals surface area contributed by atoms with Crippen molar-refractivity contribution in [3.05, 3.63) is 58.1 Å². The maximum Gasteiger partial charge on any atom is 0.311 e. The number of hydrogen-bond donors (Lipinski definition) is 1. The van der Waals surface area contributed by atoms with Crippen LogP contribution in [-0.4, -0.2) is 54.5 Å². The van der Waals surface area contributed by atoms with Gasteiger partial charge in [0.05, 0.1) is 19.1 Å². The van der Waals surface area contributed by atoms with Crippen molar-refractivity contribution in [2.75, 3.05) is 20.8 Å². The Labute approximate surface area is 198 Å². The summed E-state index contributed by atoms with van der Waals surface area (Å²) in [6, 6.07) is 10.4. The van der Waals surface area contributed by atoms with Gasteiger partial charge in [-0.15, -0.1) is 0 Å². The van der Waals surface area contributed by atoms with Crippen molar-refractivity contribution in [3.8, 4) is 17.2 Å². The summed E-state index contributed by atoms with van der Waals surface area (Å²) in [5, 5.41) is 14.0. The Morgan fingerprint density at radius 1 is 1.06 bits per heavy atom. The summed E-state index contributed by atoms with van der Waals surface area (Å²) in [5.41, 5.74) is 0.612. The zero-order valence-electron chi connectivity index (χ0n) is 20.1. The summed E-state index contributed by atoms with van der Waals surface area (Å²) in [6.07, 6.45) is 0.409. The van der Waals surface area contributed by atoms with E-state index in [2.05, 4.69) is 5.32 Å². The fraction of sp³-hybridized carbons (Fsp3) is 0.417. The highest BCUT2D eigenvalue weighted by molar-refractivity contribution is 5.88. The fourth-order valence-corrected chi connectivity index (χ4v) is 3.35. The van der Waals surface area contributed by atoms with Crippen molar-refractivity contribution in [2.45, 2.75) is 45.8 Å². The molecule has 0 bridgehead atoms. The predicted molar refractivity (Wildman–Crippen MR) is 126 cm³/mol. The van der Waals surface area contributed by atoms with Gasteiger partial charge in [0.15, 0.2) is 6.61 Å². The zero-order chi connectivity index (χ0) is 25.3. The molecule has 0 aromatic heterocycles. The SMILES string of the molecule is CC[C@H](C(=O)NC(C)C)N(Cc1ccc(OC)cc1)C(=O)COc1ccc([N+](=O)[O-])c(OC)c1. The number of carbonyl (C=O) groups is 2. The second-order valence-electron chi connectivity index (χ2n) is 7.84. The molecule has 0 spiro atoms. The van der Waals surface area contributed by atoms with Gasteiger partial charge in [0.1, 0.15) is 17.5 Å². The molecule has 184 valence electrons. The maximum absolute atomic E-state index is 13.2. The van der Waals surface area contributed by atoms with Crippen LogP contribution in [0.2, 0.25) is 0 Å². The Morgan fingerprint density at radius 3 is 2.24 bits per heavy atom. The Morgan fingerprint density at radius 2 is 1.71 bits per heavy atom. The number of ether oxygens (including phenoxy) is 3. The summed E-state index contributed by atoms with van der Waals surface area (Å²) in [4.78, 5) is 38.1. The number of nitrogens with one attached hydrogen (secondary N) is 1. The van der Waals surface area contributed by atoms with E-state index in [1.54, 1.807) is 19.2 Å². The number of rotatable bonds is 12. The van der Waals surface area contributed by atoms with Gasteiger partial charge < -0.3 is 24.4 Å². The van der Waals surface area contributed by atoms with Gasteiger partial charge in [-0.1, -0.05) is 19.1 Å². The third kappa shape index (κ3) is 7.09. The van der Waals surface area contributed by atoms with Gasteiger partial charge in [0.2, 0.25) is 11.7 Å². The van der Waals surface area contributed by atoms with Gasteiger partial charge in [-0.25, -0.2) is 0 Å². The minimum atomic E-state index is -0.702. The molecule has 1 N–H and O–H groups in total. The Balaban J connectivity index is 2.24. The van der Waals surface area contributed by atoms with Crippen LogP contribution in [0.4, 0.5) is 5.69 Å². The van der Waals surface area contributed by atoms with Gasteiger partial charge in [-0.05, 0) is 44.0 Å². The number of nitro groups is 1. The van der Waals surface area contributed by atoms with Crippen molar-refractivity contribution >= 4 is 17.5 Å². The van der Waals surface area contributed by atoms with Crippen molar-refractivity contribution in [3.63, 3.8) is 0 Å². The van der Waals surface area contributed by atoms with Crippen LogP contribution in [0.25, 0.3) is 0 Å². The molecule has 10 nitrogen and oxygen atoms in total. The number of nitro benzene ring substituents is 1. The molecule has 10 heteroatoms. The van der Waals surface area contributed by atoms with Gasteiger partial charge in [0, 0.05) is 24.7 Å². The summed E-state index contributed by atoms with van der Waals surface area (Å²) in [7, 11) is 2.88. The average molecular weight is 474 g/mol. The minimum absolute atomic E-state index is 0.0211. The first-order valence-electron chi connectivity index (χ1n) is 10.9. The van der Waals surface area contributed by atoms with Gasteiger partial charge in [-0.2, -0.15) is 0 Å². The maximum atomic E-state index is 13.2. The van der Waals surface area contributed by atoms with Gasteiger partial charge >= 0.3 is 5.69 Å². The molecule has 0 heterocycles. The smallest absolute Gasteiger partial charge is 0.311 e. The summed E-state index contributed by atoms with van der Waals surface area (Å²) < 4.78 is 15.8. The molecule has 2 aromatic rings. The zero-order valence-corrected chi connectivity index (χ0v) is 20.1. The molecule has 2 rings (SSSR count). The van der Waals surface area contributed by atoms with Crippen molar-refractivity contribution in [2.24, 2.45) is 0 Å². The molecular weight excluding hydrogens is 442 g/mol. The monoisotopic (exact) mass is 473 g/mol. The lowest BCUT2D eigenvalue weighted by Crippen LogP contribution is -2.51. The lowest BCUT2D eigenvalue weighted by atomic mass is 10.1. The topological polar surface area (TPSA) is 120 Å². The highest BCUT2D eigenvalue weighted by Gasteiger charge is 2.29. The molecule has 0 saturated heterocycles. The predicted octanol–water partition coefficient (Wildman–Crippen LogP) is 3.32. The van der Waals surface area contributed by atoms with E-state index in [9.17, 15) is 19.7 Å². The second-order valence-corrected chi connectivity index (χ2v) is 7.84. The van der Waals surface area contributed by atoms with E-state index in [0.717, 1.165) is 5.56 Å². The third-order valence-electron chi connectivity index (χ3n) is 5.04. The van der Waals surface area contributed by atoms with Crippen LogP contribution in [0.3, 0.4) is 0 Å². The molecule has 2 aromatic carbocycles. The summed E-state index contributed by atoms with van der Waals surface area (Å²) in [5.74, 6) is 0.282. The Hall–Kier alpha value is -3.82. The van der Waals surface area contributed by atoms with Crippen molar-refractivity contribution < 1.29 is 28.7 Å². The van der Waals surface area contributed by atoms with Crippen LogP contribution in [0.1, 0.15) is 32.8 Å². The number of benzene rings is 2. The van der Waals surface area contributed by atoms with E-state index in [1.807, 2.05) is 32.9 Å². The molecule has 0 radical (unpaired) electrons. The van der Waals surface area contributed by atoms with Crippen molar-refractivity contribution in [1.29, 1.82) is 0 Å². The van der Waals surface area contributed by atoms with Crippen LogP contribution >= 0.6 is 0 Å². The molecule has 0 aliphatic rings. The van der Waals surface area contributed by atoms with E-state index >= 15 is 0 Å². The third-order valence-corrected chi connectivity index (χ3v) is 5.04. The lowest BCUT2D eigenvalue weighted by molar-refractivity contribution is -0.385. The molecule has 0 fully saturated rings. The van der Waals surface area contributed by atoms with Crippen LogP contribution in [0.15, 0.2) is 42.5 Å². The molecule has 2 amide bonds.